The highest BCUT2D eigenvalue weighted by Crippen LogP contribution is 2.17. The largest absolute Gasteiger partial charge is 0.508 e. The molecule has 3 nitrogen and oxygen atoms in total. The molecule has 0 unspecified atom stereocenters. The lowest BCUT2D eigenvalue weighted by molar-refractivity contribution is 0.0734. The number of benzene rings is 2. The van der Waals surface area contributed by atoms with Crippen LogP contribution in [-0.4, -0.2) is 11.1 Å². The number of ether oxygens (including phenoxy) is 1. The maximum atomic E-state index is 11.8. The molecular formula is C15H12O3. The molecule has 0 atom stereocenters. The smallest absolute Gasteiger partial charge is 0.343 e. The quantitative estimate of drug-likeness (QED) is 0.661. The van der Waals surface area contributed by atoms with Gasteiger partial charge < -0.3 is 9.84 Å². The summed E-state index contributed by atoms with van der Waals surface area (Å²) in [5.41, 5.74) is 1.41. The van der Waals surface area contributed by atoms with Gasteiger partial charge >= 0.3 is 5.97 Å². The fourth-order valence-electron chi connectivity index (χ4n) is 1.44. The Balaban J connectivity index is 2.11. The highest BCUT2D eigenvalue weighted by Gasteiger charge is 2.07. The Bertz CT molecular complexity index is 553. The SMILES string of the molecule is C=Cc1ccc(C(=O)Oc2ccc(O)cc2)cc1. The molecule has 90 valence electrons. The van der Waals surface area contributed by atoms with Crippen molar-refractivity contribution in [3.8, 4) is 11.5 Å². The molecule has 0 saturated heterocycles. The summed E-state index contributed by atoms with van der Waals surface area (Å²) >= 11 is 0. The van der Waals surface area contributed by atoms with Crippen molar-refractivity contribution in [2.45, 2.75) is 0 Å². The molecule has 0 spiro atoms. The van der Waals surface area contributed by atoms with Crippen molar-refractivity contribution in [1.29, 1.82) is 0 Å². The third-order valence-corrected chi connectivity index (χ3v) is 2.43. The summed E-state index contributed by atoms with van der Waals surface area (Å²) in [6.45, 7) is 3.64. The average molecular weight is 240 g/mol. The Hall–Kier alpha value is -2.55. The maximum Gasteiger partial charge on any atom is 0.343 e. The van der Waals surface area contributed by atoms with Crippen molar-refractivity contribution in [2.75, 3.05) is 0 Å². The zero-order valence-electron chi connectivity index (χ0n) is 9.67. The predicted molar refractivity (Wildman–Crippen MR) is 69.6 cm³/mol. The lowest BCUT2D eigenvalue weighted by Gasteiger charge is -2.04. The van der Waals surface area contributed by atoms with E-state index in [2.05, 4.69) is 6.58 Å². The van der Waals surface area contributed by atoms with Gasteiger partial charge in [-0.05, 0) is 42.0 Å². The number of hydrogen-bond donors (Lipinski definition) is 1. The standard InChI is InChI=1S/C15H12O3/c1-2-11-3-5-12(6-4-11)15(17)18-14-9-7-13(16)8-10-14/h2-10,16H,1H2. The molecule has 0 aliphatic rings. The van der Waals surface area contributed by atoms with Crippen molar-refractivity contribution in [1.82, 2.24) is 0 Å². The second-order valence-electron chi connectivity index (χ2n) is 3.71. The number of rotatable bonds is 3. The van der Waals surface area contributed by atoms with Gasteiger partial charge in [0.15, 0.2) is 0 Å². The minimum absolute atomic E-state index is 0.130. The monoisotopic (exact) mass is 240 g/mol. The van der Waals surface area contributed by atoms with Crippen LogP contribution in [-0.2, 0) is 0 Å². The Morgan fingerprint density at radius 2 is 1.67 bits per heavy atom. The van der Waals surface area contributed by atoms with Crippen LogP contribution < -0.4 is 4.74 Å². The van der Waals surface area contributed by atoms with E-state index >= 15 is 0 Å². The van der Waals surface area contributed by atoms with Gasteiger partial charge in [-0.15, -0.1) is 0 Å². The summed E-state index contributed by atoms with van der Waals surface area (Å²) in [6, 6.07) is 12.9. The first-order chi connectivity index (χ1) is 8.69. The molecule has 0 amide bonds. The maximum absolute atomic E-state index is 11.8. The lowest BCUT2D eigenvalue weighted by Crippen LogP contribution is -2.08. The molecule has 2 rings (SSSR count). The van der Waals surface area contributed by atoms with Crippen LogP contribution in [0.2, 0.25) is 0 Å². The van der Waals surface area contributed by atoms with Crippen molar-refractivity contribution in [3.05, 3.63) is 66.2 Å². The molecule has 0 bridgehead atoms. The van der Waals surface area contributed by atoms with Crippen molar-refractivity contribution in [3.63, 3.8) is 0 Å². The summed E-state index contributed by atoms with van der Waals surface area (Å²) in [5.74, 6) is 0.0898. The van der Waals surface area contributed by atoms with Gasteiger partial charge in [0.1, 0.15) is 11.5 Å². The topological polar surface area (TPSA) is 46.5 Å². The highest BCUT2D eigenvalue weighted by atomic mass is 16.5. The Morgan fingerprint density at radius 3 is 2.22 bits per heavy atom. The van der Waals surface area contributed by atoms with Crippen LogP contribution in [0.25, 0.3) is 6.08 Å². The molecule has 2 aromatic rings. The van der Waals surface area contributed by atoms with Crippen LogP contribution in [0.4, 0.5) is 0 Å². The van der Waals surface area contributed by atoms with Gasteiger partial charge in [0.25, 0.3) is 0 Å². The van der Waals surface area contributed by atoms with E-state index in [0.717, 1.165) is 5.56 Å². The Labute approximate surface area is 105 Å². The van der Waals surface area contributed by atoms with Crippen molar-refractivity contribution >= 4 is 12.0 Å². The summed E-state index contributed by atoms with van der Waals surface area (Å²) in [4.78, 5) is 11.8. The first-order valence-corrected chi connectivity index (χ1v) is 5.43. The highest BCUT2D eigenvalue weighted by molar-refractivity contribution is 5.91. The minimum Gasteiger partial charge on any atom is -0.508 e. The second-order valence-corrected chi connectivity index (χ2v) is 3.71. The second kappa shape index (κ2) is 5.19. The summed E-state index contributed by atoms with van der Waals surface area (Å²) in [6.07, 6.45) is 1.70. The summed E-state index contributed by atoms with van der Waals surface area (Å²) in [7, 11) is 0. The number of phenols is 1. The van der Waals surface area contributed by atoms with Crippen LogP contribution in [0, 0.1) is 0 Å². The molecule has 0 aliphatic heterocycles. The van der Waals surface area contributed by atoms with Gasteiger partial charge in [0, 0.05) is 0 Å². The molecule has 0 aliphatic carbocycles. The molecule has 1 N–H and O–H groups in total. The van der Waals surface area contributed by atoms with Crippen LogP contribution >= 0.6 is 0 Å². The normalized spacial score (nSPS) is 9.78. The lowest BCUT2D eigenvalue weighted by atomic mass is 10.1. The number of carbonyl (C=O) groups excluding carboxylic acids is 1. The molecule has 18 heavy (non-hydrogen) atoms. The van der Waals surface area contributed by atoms with Crippen molar-refractivity contribution in [2.24, 2.45) is 0 Å². The number of carbonyl (C=O) groups is 1. The van der Waals surface area contributed by atoms with E-state index in [1.807, 2.05) is 0 Å². The molecule has 0 heterocycles. The fraction of sp³-hybridized carbons (Fsp3) is 0. The predicted octanol–water partition coefficient (Wildman–Crippen LogP) is 3.25. The van der Waals surface area contributed by atoms with Crippen LogP contribution in [0.15, 0.2) is 55.1 Å². The van der Waals surface area contributed by atoms with Gasteiger partial charge in [-0.25, -0.2) is 4.79 Å². The van der Waals surface area contributed by atoms with E-state index in [-0.39, 0.29) is 5.75 Å². The van der Waals surface area contributed by atoms with Gasteiger partial charge in [-0.2, -0.15) is 0 Å². The first kappa shape index (κ1) is 11.9. The number of phenolic OH excluding ortho intramolecular Hbond substituents is 1. The Morgan fingerprint density at radius 1 is 1.06 bits per heavy atom. The Kier molecular flexibility index (Phi) is 3.44. The minimum atomic E-state index is -0.434. The van der Waals surface area contributed by atoms with Gasteiger partial charge in [-0.3, -0.25) is 0 Å². The molecular weight excluding hydrogens is 228 g/mol. The zero-order chi connectivity index (χ0) is 13.0. The van der Waals surface area contributed by atoms with Gasteiger partial charge in [0.2, 0.25) is 0 Å². The van der Waals surface area contributed by atoms with E-state index in [1.165, 1.54) is 24.3 Å². The number of hydrogen-bond acceptors (Lipinski definition) is 3. The van der Waals surface area contributed by atoms with E-state index in [1.54, 1.807) is 30.3 Å². The van der Waals surface area contributed by atoms with E-state index in [4.69, 9.17) is 9.84 Å². The van der Waals surface area contributed by atoms with E-state index < -0.39 is 5.97 Å². The van der Waals surface area contributed by atoms with Crippen LogP contribution in [0.3, 0.4) is 0 Å². The first-order valence-electron chi connectivity index (χ1n) is 5.43. The van der Waals surface area contributed by atoms with Crippen LogP contribution in [0.5, 0.6) is 11.5 Å². The molecule has 0 aromatic heterocycles. The molecule has 0 radical (unpaired) electrons. The fourth-order valence-corrected chi connectivity index (χ4v) is 1.44. The molecule has 0 saturated carbocycles. The number of aromatic hydroxyl groups is 1. The summed E-state index contributed by atoms with van der Waals surface area (Å²) in [5, 5.41) is 9.12. The van der Waals surface area contributed by atoms with Crippen LogP contribution in [0.1, 0.15) is 15.9 Å². The third-order valence-electron chi connectivity index (χ3n) is 2.43. The molecule has 2 aromatic carbocycles. The van der Waals surface area contributed by atoms with E-state index in [9.17, 15) is 4.79 Å². The van der Waals surface area contributed by atoms with Crippen molar-refractivity contribution < 1.29 is 14.6 Å². The molecule has 0 fully saturated rings. The average Bonchev–Trinajstić information content (AvgIpc) is 2.41. The summed E-state index contributed by atoms with van der Waals surface area (Å²) < 4.78 is 5.15. The zero-order valence-corrected chi connectivity index (χ0v) is 9.67. The van der Waals surface area contributed by atoms with E-state index in [0.29, 0.717) is 11.3 Å². The molecule has 3 heteroatoms. The third kappa shape index (κ3) is 2.77. The number of esters is 1. The van der Waals surface area contributed by atoms with Gasteiger partial charge in [-0.1, -0.05) is 24.8 Å². The van der Waals surface area contributed by atoms with Gasteiger partial charge in [0.05, 0.1) is 5.56 Å².